The van der Waals surface area contributed by atoms with Crippen LogP contribution in [0.1, 0.15) is 20.7 Å². The van der Waals surface area contributed by atoms with Crippen LogP contribution in [-0.2, 0) is 0 Å². The van der Waals surface area contributed by atoms with Crippen molar-refractivity contribution < 1.29 is 9.59 Å². The Hall–Kier alpha value is -2.53. The van der Waals surface area contributed by atoms with Gasteiger partial charge in [-0.2, -0.15) is 0 Å². The molecular weight excluding hydrogens is 278 g/mol. The summed E-state index contributed by atoms with van der Waals surface area (Å²) in [4.78, 5) is 23.1. The lowest BCUT2D eigenvalue weighted by Crippen LogP contribution is -2.15. The minimum Gasteiger partial charge on any atom is -0.398 e. The van der Waals surface area contributed by atoms with E-state index in [0.29, 0.717) is 16.9 Å². The third kappa shape index (κ3) is 2.89. The first-order valence-corrected chi connectivity index (χ1v) is 6.12. The van der Waals surface area contributed by atoms with Crippen molar-refractivity contribution in [2.45, 2.75) is 0 Å². The molecule has 0 heterocycles. The van der Waals surface area contributed by atoms with E-state index < -0.39 is 5.91 Å². The van der Waals surface area contributed by atoms with Gasteiger partial charge in [0.15, 0.2) is 0 Å². The van der Waals surface area contributed by atoms with Crippen molar-refractivity contribution in [3.63, 3.8) is 0 Å². The Morgan fingerprint density at radius 1 is 1.05 bits per heavy atom. The molecule has 0 saturated carbocycles. The maximum Gasteiger partial charge on any atom is 0.257 e. The van der Waals surface area contributed by atoms with Crippen molar-refractivity contribution in [3.8, 4) is 0 Å². The number of hydrogen-bond acceptors (Lipinski definition) is 3. The number of nitrogen functional groups attached to an aromatic ring is 1. The molecule has 0 radical (unpaired) electrons. The molecule has 0 fully saturated rings. The molecule has 2 aromatic carbocycles. The fraction of sp³-hybridized carbons (Fsp3) is 0. The molecule has 2 amide bonds. The SMILES string of the molecule is NC(=O)c1ccc(NC(=O)c2ccccc2N)cc1Cl. The molecule has 0 aliphatic heterocycles. The van der Waals surface area contributed by atoms with Crippen LogP contribution in [0.25, 0.3) is 0 Å². The first kappa shape index (κ1) is 13.9. The number of rotatable bonds is 3. The van der Waals surface area contributed by atoms with Crippen molar-refractivity contribution >= 4 is 34.8 Å². The number of hydrogen-bond donors (Lipinski definition) is 3. The minimum atomic E-state index is -0.625. The highest BCUT2D eigenvalue weighted by atomic mass is 35.5. The van der Waals surface area contributed by atoms with Crippen molar-refractivity contribution in [2.75, 3.05) is 11.1 Å². The van der Waals surface area contributed by atoms with Crippen LogP contribution in [0.3, 0.4) is 0 Å². The number of carbonyl (C=O) groups is 2. The Morgan fingerprint density at radius 2 is 1.75 bits per heavy atom. The zero-order valence-electron chi connectivity index (χ0n) is 10.4. The smallest absolute Gasteiger partial charge is 0.257 e. The minimum absolute atomic E-state index is 0.177. The van der Waals surface area contributed by atoms with Crippen LogP contribution < -0.4 is 16.8 Å². The molecule has 0 aliphatic rings. The second-order valence-corrected chi connectivity index (χ2v) is 4.51. The monoisotopic (exact) mass is 289 g/mol. The Morgan fingerprint density at radius 3 is 2.35 bits per heavy atom. The topological polar surface area (TPSA) is 98.2 Å². The molecule has 20 heavy (non-hydrogen) atoms. The van der Waals surface area contributed by atoms with Gasteiger partial charge in [0.25, 0.3) is 5.91 Å². The van der Waals surface area contributed by atoms with Gasteiger partial charge < -0.3 is 16.8 Å². The van der Waals surface area contributed by atoms with Gasteiger partial charge >= 0.3 is 0 Å². The molecule has 0 bridgehead atoms. The van der Waals surface area contributed by atoms with Crippen LogP contribution in [0, 0.1) is 0 Å². The Bertz CT molecular complexity index is 686. The summed E-state index contributed by atoms with van der Waals surface area (Å²) < 4.78 is 0. The van der Waals surface area contributed by atoms with Crippen molar-refractivity contribution in [1.29, 1.82) is 0 Å². The molecule has 0 atom stereocenters. The van der Waals surface area contributed by atoms with E-state index in [2.05, 4.69) is 5.32 Å². The molecule has 0 saturated heterocycles. The lowest BCUT2D eigenvalue weighted by Gasteiger charge is -2.08. The van der Waals surface area contributed by atoms with Crippen molar-refractivity contribution in [2.24, 2.45) is 5.73 Å². The predicted molar refractivity (Wildman–Crippen MR) is 78.8 cm³/mol. The summed E-state index contributed by atoms with van der Waals surface area (Å²) in [5.74, 6) is -0.980. The average molecular weight is 290 g/mol. The number of carbonyl (C=O) groups excluding carboxylic acids is 2. The van der Waals surface area contributed by atoms with Crippen LogP contribution in [-0.4, -0.2) is 11.8 Å². The van der Waals surface area contributed by atoms with Gasteiger partial charge in [0.05, 0.1) is 16.1 Å². The van der Waals surface area contributed by atoms with Crippen LogP contribution in [0.2, 0.25) is 5.02 Å². The highest BCUT2D eigenvalue weighted by Crippen LogP contribution is 2.21. The van der Waals surface area contributed by atoms with Crippen molar-refractivity contribution in [1.82, 2.24) is 0 Å². The van der Waals surface area contributed by atoms with E-state index in [-0.39, 0.29) is 16.5 Å². The van der Waals surface area contributed by atoms with E-state index in [1.807, 2.05) is 0 Å². The third-order valence-electron chi connectivity index (χ3n) is 2.70. The van der Waals surface area contributed by atoms with E-state index in [9.17, 15) is 9.59 Å². The van der Waals surface area contributed by atoms with E-state index >= 15 is 0 Å². The number of nitrogens with one attached hydrogen (secondary N) is 1. The number of benzene rings is 2. The lowest BCUT2D eigenvalue weighted by atomic mass is 10.1. The summed E-state index contributed by atoms with van der Waals surface area (Å²) in [5.41, 5.74) is 12.3. The van der Waals surface area contributed by atoms with Gasteiger partial charge in [-0.1, -0.05) is 23.7 Å². The molecule has 2 aromatic rings. The Kier molecular flexibility index (Phi) is 3.91. The van der Waals surface area contributed by atoms with E-state index in [1.165, 1.54) is 12.1 Å². The summed E-state index contributed by atoms with van der Waals surface area (Å²) in [6, 6.07) is 11.2. The predicted octanol–water partition coefficient (Wildman–Crippen LogP) is 2.27. The van der Waals surface area contributed by atoms with Gasteiger partial charge in [0, 0.05) is 11.4 Å². The molecule has 0 aliphatic carbocycles. The second-order valence-electron chi connectivity index (χ2n) is 4.10. The summed E-state index contributed by atoms with van der Waals surface area (Å²) in [6.45, 7) is 0. The molecule has 5 nitrogen and oxygen atoms in total. The van der Waals surface area contributed by atoms with Gasteiger partial charge in [-0.05, 0) is 30.3 Å². The molecular formula is C14H12ClN3O2. The average Bonchev–Trinajstić information content (AvgIpc) is 2.38. The lowest BCUT2D eigenvalue weighted by molar-refractivity contribution is 0.0998. The molecule has 102 valence electrons. The number of nitrogens with two attached hydrogens (primary N) is 2. The molecule has 5 N–H and O–H groups in total. The summed E-state index contributed by atoms with van der Waals surface area (Å²) in [6.07, 6.45) is 0. The number of amides is 2. The van der Waals surface area contributed by atoms with Crippen LogP contribution in [0.4, 0.5) is 11.4 Å². The highest BCUT2D eigenvalue weighted by molar-refractivity contribution is 6.34. The van der Waals surface area contributed by atoms with Crippen molar-refractivity contribution in [3.05, 3.63) is 58.6 Å². The first-order valence-electron chi connectivity index (χ1n) is 5.74. The molecule has 0 spiro atoms. The summed E-state index contributed by atoms with van der Waals surface area (Å²) in [5, 5.41) is 2.83. The number of primary amides is 1. The zero-order valence-corrected chi connectivity index (χ0v) is 11.1. The fourth-order valence-corrected chi connectivity index (χ4v) is 1.97. The quantitative estimate of drug-likeness (QED) is 0.756. The van der Waals surface area contributed by atoms with Crippen LogP contribution in [0.5, 0.6) is 0 Å². The third-order valence-corrected chi connectivity index (χ3v) is 3.01. The summed E-state index contributed by atoms with van der Waals surface area (Å²) in [7, 11) is 0. The largest absolute Gasteiger partial charge is 0.398 e. The molecule has 0 aromatic heterocycles. The van der Waals surface area contributed by atoms with Crippen LogP contribution >= 0.6 is 11.6 Å². The normalized spacial score (nSPS) is 10.1. The maximum atomic E-state index is 12.0. The fourth-order valence-electron chi connectivity index (χ4n) is 1.69. The first-order chi connectivity index (χ1) is 9.49. The Labute approximate surface area is 120 Å². The second kappa shape index (κ2) is 5.63. The van der Waals surface area contributed by atoms with E-state index in [4.69, 9.17) is 23.1 Å². The van der Waals surface area contributed by atoms with Crippen LogP contribution in [0.15, 0.2) is 42.5 Å². The number of anilines is 2. The van der Waals surface area contributed by atoms with E-state index in [1.54, 1.807) is 30.3 Å². The zero-order chi connectivity index (χ0) is 14.7. The molecule has 2 rings (SSSR count). The molecule has 6 heteroatoms. The van der Waals surface area contributed by atoms with E-state index in [0.717, 1.165) is 0 Å². The molecule has 0 unspecified atom stereocenters. The number of para-hydroxylation sites is 1. The van der Waals surface area contributed by atoms with Gasteiger partial charge in [-0.15, -0.1) is 0 Å². The van der Waals surface area contributed by atoms with Gasteiger partial charge in [-0.25, -0.2) is 0 Å². The van der Waals surface area contributed by atoms with Gasteiger partial charge in [-0.3, -0.25) is 9.59 Å². The van der Waals surface area contributed by atoms with Gasteiger partial charge in [0.1, 0.15) is 0 Å². The Balaban J connectivity index is 2.23. The standard InChI is InChI=1S/C14H12ClN3O2/c15-11-7-8(5-6-9(11)13(17)19)18-14(20)10-3-1-2-4-12(10)16/h1-7H,16H2,(H2,17,19)(H,18,20). The van der Waals surface area contributed by atoms with Gasteiger partial charge in [0.2, 0.25) is 5.91 Å². The summed E-state index contributed by atoms with van der Waals surface area (Å²) >= 11 is 5.91. The highest BCUT2D eigenvalue weighted by Gasteiger charge is 2.11. The number of halogens is 1. The maximum absolute atomic E-state index is 12.0.